The standard InChI is InChI=1S/C15H20N4O4S2/c1-3-19-13(11-5-4-7-23-11)17-18-14(19)24-9-12(20)16-15(2)6-8-25(21,22)10-15/h4-5,7H,3,6,8-10H2,1-2H3,(H,16,20). The van der Waals surface area contributed by atoms with Crippen LogP contribution in [-0.2, 0) is 21.2 Å². The first-order valence-corrected chi connectivity index (χ1v) is 10.7. The van der Waals surface area contributed by atoms with Crippen LogP contribution in [0.4, 0.5) is 0 Å². The zero-order valence-electron chi connectivity index (χ0n) is 14.1. The van der Waals surface area contributed by atoms with Crippen LogP contribution < -0.4 is 5.32 Å². The van der Waals surface area contributed by atoms with E-state index in [1.165, 1.54) is 11.8 Å². The second-order valence-electron chi connectivity index (χ2n) is 6.27. The fourth-order valence-corrected chi connectivity index (χ4v) is 5.78. The van der Waals surface area contributed by atoms with Gasteiger partial charge in [-0.25, -0.2) is 8.42 Å². The van der Waals surface area contributed by atoms with Gasteiger partial charge in [-0.15, -0.1) is 10.2 Å². The molecule has 0 spiro atoms. The number of hydrogen-bond donors (Lipinski definition) is 1. The molecule has 25 heavy (non-hydrogen) atoms. The first-order valence-electron chi connectivity index (χ1n) is 7.93. The molecular weight excluding hydrogens is 364 g/mol. The predicted molar refractivity (Wildman–Crippen MR) is 93.9 cm³/mol. The lowest BCUT2D eigenvalue weighted by molar-refractivity contribution is -0.120. The number of thioether (sulfide) groups is 1. The molecular formula is C15H20N4O4S2. The van der Waals surface area contributed by atoms with Gasteiger partial charge in [0.05, 0.1) is 29.1 Å². The Kier molecular flexibility index (Phi) is 4.92. The largest absolute Gasteiger partial charge is 0.461 e. The number of nitrogens with zero attached hydrogens (tertiary/aromatic N) is 3. The highest BCUT2D eigenvalue weighted by Crippen LogP contribution is 2.25. The summed E-state index contributed by atoms with van der Waals surface area (Å²) in [7, 11) is -3.06. The van der Waals surface area contributed by atoms with Gasteiger partial charge in [0.2, 0.25) is 5.91 Å². The van der Waals surface area contributed by atoms with Crippen LogP contribution in [0.3, 0.4) is 0 Å². The Balaban J connectivity index is 1.63. The topological polar surface area (TPSA) is 107 Å². The highest BCUT2D eigenvalue weighted by atomic mass is 32.2. The Morgan fingerprint density at radius 2 is 2.28 bits per heavy atom. The van der Waals surface area contributed by atoms with E-state index in [-0.39, 0.29) is 23.2 Å². The van der Waals surface area contributed by atoms with Crippen molar-refractivity contribution in [2.75, 3.05) is 17.3 Å². The van der Waals surface area contributed by atoms with E-state index < -0.39 is 15.4 Å². The monoisotopic (exact) mass is 384 g/mol. The molecule has 1 fully saturated rings. The maximum Gasteiger partial charge on any atom is 0.230 e. The smallest absolute Gasteiger partial charge is 0.230 e. The van der Waals surface area contributed by atoms with Crippen LogP contribution in [0.2, 0.25) is 0 Å². The highest BCUT2D eigenvalue weighted by molar-refractivity contribution is 7.99. The molecule has 1 N–H and O–H groups in total. The fourth-order valence-electron chi connectivity index (χ4n) is 2.88. The van der Waals surface area contributed by atoms with Crippen molar-refractivity contribution in [1.82, 2.24) is 20.1 Å². The van der Waals surface area contributed by atoms with Crippen molar-refractivity contribution in [2.24, 2.45) is 0 Å². The molecule has 3 heterocycles. The first-order chi connectivity index (χ1) is 11.8. The van der Waals surface area contributed by atoms with Crippen LogP contribution in [0.1, 0.15) is 20.3 Å². The minimum Gasteiger partial charge on any atom is -0.461 e. The number of aromatic nitrogens is 3. The molecule has 10 heteroatoms. The molecule has 8 nitrogen and oxygen atoms in total. The van der Waals surface area contributed by atoms with E-state index in [0.717, 1.165) is 0 Å². The summed E-state index contributed by atoms with van der Waals surface area (Å²) < 4.78 is 30.5. The Labute approximate surface area is 150 Å². The van der Waals surface area contributed by atoms with E-state index in [1.807, 2.05) is 11.5 Å². The molecule has 0 aromatic carbocycles. The van der Waals surface area contributed by atoms with Gasteiger partial charge in [-0.3, -0.25) is 9.36 Å². The molecule has 1 atom stereocenters. The van der Waals surface area contributed by atoms with Gasteiger partial charge in [0.15, 0.2) is 26.6 Å². The molecule has 0 bridgehead atoms. The van der Waals surface area contributed by atoms with Crippen molar-refractivity contribution in [3.63, 3.8) is 0 Å². The lowest BCUT2D eigenvalue weighted by Gasteiger charge is -2.23. The van der Waals surface area contributed by atoms with Gasteiger partial charge in [0, 0.05) is 6.54 Å². The average molecular weight is 384 g/mol. The Bertz CT molecular complexity index is 860. The molecule has 2 aromatic heterocycles. The van der Waals surface area contributed by atoms with E-state index in [9.17, 15) is 13.2 Å². The Hall–Kier alpha value is -1.81. The number of amides is 1. The maximum atomic E-state index is 12.2. The third-order valence-corrected chi connectivity index (χ3v) is 6.92. The van der Waals surface area contributed by atoms with Crippen LogP contribution >= 0.6 is 11.8 Å². The van der Waals surface area contributed by atoms with E-state index in [1.54, 1.807) is 25.3 Å². The summed E-state index contributed by atoms with van der Waals surface area (Å²) in [6.07, 6.45) is 2.01. The first kappa shape index (κ1) is 18.0. The zero-order valence-corrected chi connectivity index (χ0v) is 15.7. The summed E-state index contributed by atoms with van der Waals surface area (Å²) in [4.78, 5) is 12.2. The summed E-state index contributed by atoms with van der Waals surface area (Å²) in [6, 6.07) is 3.58. The molecule has 136 valence electrons. The number of hydrogen-bond acceptors (Lipinski definition) is 7. The number of sulfone groups is 1. The average Bonchev–Trinajstić information content (AvgIpc) is 3.23. The number of nitrogens with one attached hydrogen (secondary N) is 1. The van der Waals surface area contributed by atoms with Gasteiger partial charge in [-0.2, -0.15) is 0 Å². The molecule has 0 radical (unpaired) electrons. The van der Waals surface area contributed by atoms with Crippen LogP contribution in [0.25, 0.3) is 11.6 Å². The van der Waals surface area contributed by atoms with Gasteiger partial charge in [0.25, 0.3) is 0 Å². The van der Waals surface area contributed by atoms with Crippen molar-refractivity contribution < 1.29 is 17.6 Å². The van der Waals surface area contributed by atoms with Gasteiger partial charge in [0.1, 0.15) is 0 Å². The summed E-state index contributed by atoms with van der Waals surface area (Å²) in [5, 5.41) is 11.7. The normalized spacial score (nSPS) is 22.2. The summed E-state index contributed by atoms with van der Waals surface area (Å²) in [6.45, 7) is 4.37. The van der Waals surface area contributed by atoms with Crippen LogP contribution in [0.15, 0.2) is 28.0 Å². The van der Waals surface area contributed by atoms with Crippen molar-refractivity contribution in [3.8, 4) is 11.6 Å². The molecule has 1 aliphatic rings. The van der Waals surface area contributed by atoms with Gasteiger partial charge < -0.3 is 9.73 Å². The lowest BCUT2D eigenvalue weighted by Crippen LogP contribution is -2.47. The molecule has 1 amide bonds. The van der Waals surface area contributed by atoms with Crippen LogP contribution in [-0.4, -0.2) is 51.9 Å². The van der Waals surface area contributed by atoms with Gasteiger partial charge >= 0.3 is 0 Å². The molecule has 1 unspecified atom stereocenters. The molecule has 1 saturated heterocycles. The van der Waals surface area contributed by atoms with E-state index in [0.29, 0.717) is 29.7 Å². The summed E-state index contributed by atoms with van der Waals surface area (Å²) in [5.41, 5.74) is -0.686. The van der Waals surface area contributed by atoms with Crippen molar-refractivity contribution in [2.45, 2.75) is 37.5 Å². The third-order valence-electron chi connectivity index (χ3n) is 4.05. The van der Waals surface area contributed by atoms with Gasteiger partial charge in [-0.1, -0.05) is 11.8 Å². The van der Waals surface area contributed by atoms with E-state index in [2.05, 4.69) is 15.5 Å². The molecule has 0 saturated carbocycles. The maximum absolute atomic E-state index is 12.2. The van der Waals surface area contributed by atoms with Gasteiger partial charge in [-0.05, 0) is 32.4 Å². The van der Waals surface area contributed by atoms with Crippen LogP contribution in [0.5, 0.6) is 0 Å². The van der Waals surface area contributed by atoms with E-state index >= 15 is 0 Å². The fraction of sp³-hybridized carbons (Fsp3) is 0.533. The second kappa shape index (κ2) is 6.83. The highest BCUT2D eigenvalue weighted by Gasteiger charge is 2.39. The SMILES string of the molecule is CCn1c(SCC(=O)NC2(C)CCS(=O)(=O)C2)nnc1-c1ccco1. The number of carbonyl (C=O) groups is 1. The Morgan fingerprint density at radius 3 is 2.88 bits per heavy atom. The molecule has 2 aromatic rings. The van der Waals surface area contributed by atoms with Crippen molar-refractivity contribution >= 4 is 27.5 Å². The number of carbonyl (C=O) groups excluding carboxylic acids is 1. The molecule has 0 aliphatic carbocycles. The summed E-state index contributed by atoms with van der Waals surface area (Å²) >= 11 is 1.27. The second-order valence-corrected chi connectivity index (χ2v) is 9.39. The molecule has 1 aliphatic heterocycles. The van der Waals surface area contributed by atoms with Crippen molar-refractivity contribution in [3.05, 3.63) is 18.4 Å². The Morgan fingerprint density at radius 1 is 1.48 bits per heavy atom. The minimum atomic E-state index is -3.06. The van der Waals surface area contributed by atoms with Crippen LogP contribution in [0, 0.1) is 0 Å². The number of furan rings is 1. The lowest BCUT2D eigenvalue weighted by atomic mass is 10.0. The molecule has 3 rings (SSSR count). The quantitative estimate of drug-likeness (QED) is 0.749. The number of rotatable bonds is 6. The zero-order chi connectivity index (χ0) is 18.1. The third kappa shape index (κ3) is 4.06. The van der Waals surface area contributed by atoms with Crippen molar-refractivity contribution in [1.29, 1.82) is 0 Å². The summed E-state index contributed by atoms with van der Waals surface area (Å²) in [5.74, 6) is 1.28. The van der Waals surface area contributed by atoms with E-state index in [4.69, 9.17) is 4.42 Å². The minimum absolute atomic E-state index is 0.00973. The predicted octanol–water partition coefficient (Wildman–Crippen LogP) is 1.34.